The minimum atomic E-state index is 0. The van der Waals surface area contributed by atoms with Crippen LogP contribution in [0.1, 0.15) is 0 Å². The summed E-state index contributed by atoms with van der Waals surface area (Å²) in [6.07, 6.45) is 0. The summed E-state index contributed by atoms with van der Waals surface area (Å²) in [6.45, 7) is 0. The van der Waals surface area contributed by atoms with Gasteiger partial charge < -0.3 is 4.90 Å². The zero-order valence-electron chi connectivity index (χ0n) is 7.62. The molecule has 0 N–H and O–H groups in total. The van der Waals surface area contributed by atoms with Crippen molar-refractivity contribution in [1.82, 2.24) is 4.90 Å². The van der Waals surface area contributed by atoms with Gasteiger partial charge in [0, 0.05) is 0 Å². The third kappa shape index (κ3) is 22.6. The molecule has 0 aliphatic carbocycles. The summed E-state index contributed by atoms with van der Waals surface area (Å²) in [5, 5.41) is 0. The summed E-state index contributed by atoms with van der Waals surface area (Å²) >= 11 is 0. The van der Waals surface area contributed by atoms with Crippen molar-refractivity contribution in [2.24, 2.45) is 0 Å². The van der Waals surface area contributed by atoms with E-state index in [9.17, 15) is 0 Å². The second-order valence-corrected chi connectivity index (χ2v) is 2.50. The smallest absolute Gasteiger partial charge is 0.0814 e. The Morgan fingerprint density at radius 2 is 0.750 bits per heavy atom. The van der Waals surface area contributed by atoms with Gasteiger partial charge in [0.2, 0.25) is 0 Å². The number of benzene rings is 1. The molecule has 0 spiro atoms. The Bertz CT molecular complexity index is 115. The highest BCUT2D eigenvalue weighted by atomic mass is 31.0. The van der Waals surface area contributed by atoms with Crippen LogP contribution in [0.25, 0.3) is 0 Å². The molecular weight excluding hydrogens is 164 g/mol. The zero-order valence-corrected chi connectivity index (χ0v) is 9.03. The van der Waals surface area contributed by atoms with E-state index in [-0.39, 0.29) is 18.3 Å². The lowest BCUT2D eigenvalue weighted by Crippen LogP contribution is -1.99. The molecule has 70 valence electrons. The normalized spacial score (nSPS) is 7.00. The van der Waals surface area contributed by atoms with Crippen LogP contribution in [0.5, 0.6) is 0 Å². The lowest BCUT2D eigenvalue weighted by Gasteiger charge is -1.90. The Kier molecular flexibility index (Phi) is 19.6. The van der Waals surface area contributed by atoms with Crippen molar-refractivity contribution in [1.29, 1.82) is 0 Å². The largest absolute Gasteiger partial charge is 0.312 e. The summed E-state index contributed by atoms with van der Waals surface area (Å²) in [4.78, 5) is 2.00. The van der Waals surface area contributed by atoms with Gasteiger partial charge in [-0.3, -0.25) is 0 Å². The van der Waals surface area contributed by atoms with Crippen LogP contribution in [0.4, 0.5) is 0 Å². The fourth-order valence-electron chi connectivity index (χ4n) is 0.385. The molecule has 12 heavy (non-hydrogen) atoms. The molecule has 0 aromatic heterocycles. The van der Waals surface area contributed by atoms with Gasteiger partial charge in [0.1, 0.15) is 0 Å². The van der Waals surface area contributed by atoms with E-state index >= 15 is 0 Å². The van der Waals surface area contributed by atoms with Gasteiger partial charge in [-0.15, -0.1) is 0 Å². The molecule has 0 radical (unpaired) electrons. The quantitative estimate of drug-likeness (QED) is 0.425. The molecule has 1 atom stereocenters. The molecule has 1 rings (SSSR count). The minimum absolute atomic E-state index is 0. The second kappa shape index (κ2) is 13.3. The first-order valence-corrected chi connectivity index (χ1v) is 3.34. The van der Waals surface area contributed by atoms with Crippen molar-refractivity contribution < 1.29 is 0 Å². The molecule has 1 aromatic carbocycles. The molecule has 0 saturated heterocycles. The SMILES string of the molecule is B.CN(C)C.P.c1ccccc1. The van der Waals surface area contributed by atoms with Gasteiger partial charge in [-0.2, -0.15) is 9.90 Å². The maximum absolute atomic E-state index is 2.00. The number of hydrogen-bond donors (Lipinski definition) is 0. The van der Waals surface area contributed by atoms with Crippen LogP contribution in [0.3, 0.4) is 0 Å². The predicted octanol–water partition coefficient (Wildman–Crippen LogP) is 0.739. The molecule has 1 aromatic rings. The maximum Gasteiger partial charge on any atom is 0.0814 e. The van der Waals surface area contributed by atoms with Crippen LogP contribution in [-0.4, -0.2) is 34.5 Å². The van der Waals surface area contributed by atoms with Gasteiger partial charge >= 0.3 is 0 Å². The molecule has 1 unspecified atom stereocenters. The number of hydrogen-bond acceptors (Lipinski definition) is 1. The van der Waals surface area contributed by atoms with Crippen molar-refractivity contribution in [3.05, 3.63) is 36.4 Å². The summed E-state index contributed by atoms with van der Waals surface area (Å²) in [6, 6.07) is 12.0. The molecule has 0 saturated carbocycles. The summed E-state index contributed by atoms with van der Waals surface area (Å²) in [5.74, 6) is 0. The molecule has 0 aliphatic heterocycles. The fourth-order valence-corrected chi connectivity index (χ4v) is 0.385. The first kappa shape index (κ1) is 17.7. The van der Waals surface area contributed by atoms with Gasteiger partial charge in [-0.1, -0.05) is 36.4 Å². The van der Waals surface area contributed by atoms with E-state index in [2.05, 4.69) is 0 Å². The van der Waals surface area contributed by atoms with Gasteiger partial charge in [-0.25, -0.2) is 0 Å². The number of nitrogens with zero attached hydrogens (tertiary/aromatic N) is 1. The molecule has 0 heterocycles. The van der Waals surface area contributed by atoms with Crippen molar-refractivity contribution >= 4 is 18.3 Å². The Morgan fingerprint density at radius 1 is 0.667 bits per heavy atom. The van der Waals surface area contributed by atoms with Crippen molar-refractivity contribution in [3.63, 3.8) is 0 Å². The van der Waals surface area contributed by atoms with E-state index in [1.807, 2.05) is 62.4 Å². The van der Waals surface area contributed by atoms with Crippen LogP contribution in [-0.2, 0) is 0 Å². The molecular formula is C9H21BNP. The first-order valence-electron chi connectivity index (χ1n) is 3.34. The van der Waals surface area contributed by atoms with E-state index < -0.39 is 0 Å². The van der Waals surface area contributed by atoms with E-state index in [4.69, 9.17) is 0 Å². The number of rotatable bonds is 0. The first-order chi connectivity index (χ1) is 4.73. The van der Waals surface area contributed by atoms with E-state index in [0.717, 1.165) is 0 Å². The van der Waals surface area contributed by atoms with Gasteiger partial charge in [0.15, 0.2) is 0 Å². The Labute approximate surface area is 81.4 Å². The Hall–Kier alpha value is -0.325. The zero-order chi connectivity index (χ0) is 7.82. The minimum Gasteiger partial charge on any atom is -0.312 e. The Balaban J connectivity index is -0.000000124. The Morgan fingerprint density at radius 3 is 0.833 bits per heavy atom. The van der Waals surface area contributed by atoms with Crippen LogP contribution in [0.15, 0.2) is 36.4 Å². The molecule has 0 aliphatic rings. The summed E-state index contributed by atoms with van der Waals surface area (Å²) < 4.78 is 0. The highest BCUT2D eigenvalue weighted by Crippen LogP contribution is 1.79. The molecule has 0 fully saturated rings. The van der Waals surface area contributed by atoms with Gasteiger partial charge in [0.25, 0.3) is 0 Å². The average Bonchev–Trinajstić information content (AvgIpc) is 1.90. The third-order valence-corrected chi connectivity index (χ3v) is 0.667. The monoisotopic (exact) mass is 185 g/mol. The van der Waals surface area contributed by atoms with E-state index in [1.54, 1.807) is 0 Å². The second-order valence-electron chi connectivity index (χ2n) is 2.50. The van der Waals surface area contributed by atoms with E-state index in [1.165, 1.54) is 0 Å². The molecule has 1 nitrogen and oxygen atoms in total. The molecule has 0 bridgehead atoms. The topological polar surface area (TPSA) is 3.24 Å². The fraction of sp³-hybridized carbons (Fsp3) is 0.333. The average molecular weight is 185 g/mol. The highest BCUT2D eigenvalue weighted by Gasteiger charge is 1.58. The summed E-state index contributed by atoms with van der Waals surface area (Å²) in [5.41, 5.74) is 0. The maximum atomic E-state index is 2.00. The van der Waals surface area contributed by atoms with Gasteiger partial charge in [-0.05, 0) is 21.1 Å². The van der Waals surface area contributed by atoms with E-state index in [0.29, 0.717) is 0 Å². The standard InChI is InChI=1S/C6H6.C3H9N.BH3.H3P/c1-2-4-6-5-3-1;1-4(2)3;;/h1-6H;1-3H3;2*1H3. The van der Waals surface area contributed by atoms with Crippen molar-refractivity contribution in [3.8, 4) is 0 Å². The van der Waals surface area contributed by atoms with Crippen LogP contribution >= 0.6 is 9.90 Å². The third-order valence-electron chi connectivity index (χ3n) is 0.667. The lowest BCUT2D eigenvalue weighted by molar-refractivity contribution is 0.505. The van der Waals surface area contributed by atoms with Crippen molar-refractivity contribution in [2.45, 2.75) is 0 Å². The van der Waals surface area contributed by atoms with Crippen LogP contribution < -0.4 is 0 Å². The summed E-state index contributed by atoms with van der Waals surface area (Å²) in [7, 11) is 6.00. The van der Waals surface area contributed by atoms with Gasteiger partial charge in [0.05, 0.1) is 8.41 Å². The molecule has 3 heteroatoms. The predicted molar refractivity (Wildman–Crippen MR) is 67.1 cm³/mol. The molecule has 0 amide bonds. The van der Waals surface area contributed by atoms with Crippen LogP contribution in [0, 0.1) is 0 Å². The lowest BCUT2D eigenvalue weighted by atomic mass is 10.4. The van der Waals surface area contributed by atoms with Crippen molar-refractivity contribution in [2.75, 3.05) is 21.1 Å². The van der Waals surface area contributed by atoms with Crippen LogP contribution in [0.2, 0.25) is 0 Å². The highest BCUT2D eigenvalue weighted by molar-refractivity contribution is 6.92.